The quantitative estimate of drug-likeness (QED) is 0.431. The minimum Gasteiger partial charge on any atom is -0.423 e. The fourth-order valence-corrected chi connectivity index (χ4v) is 1.25. The molecule has 0 bridgehead atoms. The molecular weight excluding hydrogens is 165 g/mol. The van der Waals surface area contributed by atoms with Gasteiger partial charge in [-0.05, 0) is 24.4 Å². The highest BCUT2D eigenvalue weighted by atomic mass is 16.4. The van der Waals surface area contributed by atoms with Crippen LogP contribution in [0.2, 0.25) is 0 Å². The Morgan fingerprint density at radius 1 is 1.62 bits per heavy atom. The largest absolute Gasteiger partial charge is 0.488 e. The summed E-state index contributed by atoms with van der Waals surface area (Å²) in [5.41, 5.74) is 1.60. The normalized spacial score (nSPS) is 15.8. The molecule has 0 heterocycles. The van der Waals surface area contributed by atoms with Crippen LogP contribution >= 0.6 is 0 Å². The van der Waals surface area contributed by atoms with E-state index in [9.17, 15) is 0 Å². The van der Waals surface area contributed by atoms with Crippen LogP contribution in [0.25, 0.3) is 0 Å². The van der Waals surface area contributed by atoms with Gasteiger partial charge in [0.05, 0.1) is 0 Å². The molecule has 1 rings (SSSR count). The molecule has 0 aromatic heterocycles. The second kappa shape index (κ2) is 4.89. The molecule has 0 radical (unpaired) electrons. The third-order valence-corrected chi connectivity index (χ3v) is 1.91. The highest BCUT2D eigenvalue weighted by Crippen LogP contribution is 2.15. The molecule has 0 saturated heterocycles. The molecule has 0 unspecified atom stereocenters. The SMILES string of the molecule is C=CCNC1=CC(B(O)O)=CCC1. The molecule has 1 aliphatic rings. The van der Waals surface area contributed by atoms with Crippen LogP contribution in [-0.2, 0) is 0 Å². The van der Waals surface area contributed by atoms with Gasteiger partial charge in [-0.15, -0.1) is 6.58 Å². The number of rotatable bonds is 4. The molecular formula is C9H14BNO2. The highest BCUT2D eigenvalue weighted by Gasteiger charge is 2.15. The Hall–Kier alpha value is -0.995. The maximum absolute atomic E-state index is 8.92. The summed E-state index contributed by atoms with van der Waals surface area (Å²) in [6.45, 7) is 4.31. The fraction of sp³-hybridized carbons (Fsp3) is 0.333. The standard InChI is InChI=1S/C9H14BNO2/c1-2-6-11-9-5-3-4-8(7-9)10(12)13/h2,4,7,11-13H,1,3,5-6H2. The van der Waals surface area contributed by atoms with Crippen molar-refractivity contribution in [3.05, 3.63) is 36.0 Å². The molecule has 70 valence electrons. The van der Waals surface area contributed by atoms with Crippen molar-refractivity contribution in [1.82, 2.24) is 5.32 Å². The third-order valence-electron chi connectivity index (χ3n) is 1.91. The molecule has 0 amide bonds. The van der Waals surface area contributed by atoms with Crippen LogP contribution in [0.1, 0.15) is 12.8 Å². The number of nitrogens with one attached hydrogen (secondary N) is 1. The van der Waals surface area contributed by atoms with Crippen molar-refractivity contribution in [1.29, 1.82) is 0 Å². The summed E-state index contributed by atoms with van der Waals surface area (Å²) in [6.07, 6.45) is 7.16. The number of hydrogen-bond donors (Lipinski definition) is 3. The summed E-state index contributed by atoms with van der Waals surface area (Å²) in [4.78, 5) is 0. The van der Waals surface area contributed by atoms with Crippen molar-refractivity contribution < 1.29 is 10.0 Å². The molecule has 3 nitrogen and oxygen atoms in total. The van der Waals surface area contributed by atoms with Gasteiger partial charge in [0.2, 0.25) is 0 Å². The topological polar surface area (TPSA) is 52.5 Å². The van der Waals surface area contributed by atoms with Crippen LogP contribution in [0.15, 0.2) is 36.0 Å². The van der Waals surface area contributed by atoms with Crippen LogP contribution in [0.5, 0.6) is 0 Å². The first-order valence-electron chi connectivity index (χ1n) is 4.35. The number of hydrogen-bond acceptors (Lipinski definition) is 3. The van der Waals surface area contributed by atoms with Crippen LogP contribution in [0.3, 0.4) is 0 Å². The van der Waals surface area contributed by atoms with E-state index < -0.39 is 7.12 Å². The van der Waals surface area contributed by atoms with E-state index in [0.717, 1.165) is 18.5 Å². The molecule has 0 fully saturated rings. The van der Waals surface area contributed by atoms with E-state index in [-0.39, 0.29) is 0 Å². The highest BCUT2D eigenvalue weighted by molar-refractivity contribution is 6.51. The third kappa shape index (κ3) is 3.09. The molecule has 0 aromatic rings. The van der Waals surface area contributed by atoms with Gasteiger partial charge >= 0.3 is 7.12 Å². The fourth-order valence-electron chi connectivity index (χ4n) is 1.25. The number of allylic oxidation sites excluding steroid dienone is 4. The first-order valence-corrected chi connectivity index (χ1v) is 4.35. The van der Waals surface area contributed by atoms with Crippen molar-refractivity contribution >= 4 is 7.12 Å². The van der Waals surface area contributed by atoms with Crippen molar-refractivity contribution in [3.8, 4) is 0 Å². The first-order chi connectivity index (χ1) is 6.24. The van der Waals surface area contributed by atoms with Crippen molar-refractivity contribution in [2.24, 2.45) is 0 Å². The first kappa shape index (κ1) is 10.1. The minimum atomic E-state index is -1.36. The zero-order chi connectivity index (χ0) is 9.68. The van der Waals surface area contributed by atoms with Gasteiger partial charge in [-0.3, -0.25) is 0 Å². The maximum Gasteiger partial charge on any atom is 0.488 e. The Bertz CT molecular complexity index is 246. The predicted octanol–water partition coefficient (Wildman–Crippen LogP) is 0.378. The van der Waals surface area contributed by atoms with E-state index in [1.165, 1.54) is 0 Å². The maximum atomic E-state index is 8.92. The molecule has 3 N–H and O–H groups in total. The van der Waals surface area contributed by atoms with Crippen LogP contribution in [0.4, 0.5) is 0 Å². The molecule has 13 heavy (non-hydrogen) atoms. The monoisotopic (exact) mass is 179 g/mol. The predicted molar refractivity (Wildman–Crippen MR) is 53.8 cm³/mol. The summed E-state index contributed by atoms with van der Waals surface area (Å²) < 4.78 is 0. The summed E-state index contributed by atoms with van der Waals surface area (Å²) in [5, 5.41) is 21.0. The zero-order valence-electron chi connectivity index (χ0n) is 7.53. The second-order valence-electron chi connectivity index (χ2n) is 2.96. The lowest BCUT2D eigenvalue weighted by atomic mass is 9.76. The average Bonchev–Trinajstić information content (AvgIpc) is 2.15. The lowest BCUT2D eigenvalue weighted by Gasteiger charge is -2.14. The van der Waals surface area contributed by atoms with Gasteiger partial charge in [0.1, 0.15) is 0 Å². The Morgan fingerprint density at radius 3 is 3.00 bits per heavy atom. The van der Waals surface area contributed by atoms with Crippen molar-refractivity contribution in [3.63, 3.8) is 0 Å². The Kier molecular flexibility index (Phi) is 3.80. The molecule has 1 aliphatic carbocycles. The van der Waals surface area contributed by atoms with Crippen molar-refractivity contribution in [2.45, 2.75) is 12.8 Å². The molecule has 0 aromatic carbocycles. The van der Waals surface area contributed by atoms with Gasteiger partial charge in [0, 0.05) is 12.2 Å². The van der Waals surface area contributed by atoms with E-state index in [4.69, 9.17) is 10.0 Å². The van der Waals surface area contributed by atoms with E-state index >= 15 is 0 Å². The Labute approximate surface area is 78.6 Å². The summed E-state index contributed by atoms with van der Waals surface area (Å²) in [7, 11) is -1.36. The van der Waals surface area contributed by atoms with Gasteiger partial charge in [0.25, 0.3) is 0 Å². The van der Waals surface area contributed by atoms with Gasteiger partial charge in [-0.1, -0.05) is 12.2 Å². The molecule has 0 atom stereocenters. The van der Waals surface area contributed by atoms with E-state index in [2.05, 4.69) is 11.9 Å². The average molecular weight is 179 g/mol. The van der Waals surface area contributed by atoms with Crippen molar-refractivity contribution in [2.75, 3.05) is 6.54 Å². The molecule has 0 spiro atoms. The molecule has 0 aliphatic heterocycles. The van der Waals surface area contributed by atoms with Gasteiger partial charge in [0.15, 0.2) is 0 Å². The van der Waals surface area contributed by atoms with Gasteiger partial charge < -0.3 is 15.4 Å². The lowest BCUT2D eigenvalue weighted by molar-refractivity contribution is 0.420. The molecule has 4 heteroatoms. The van der Waals surface area contributed by atoms with Gasteiger partial charge in [-0.25, -0.2) is 0 Å². The van der Waals surface area contributed by atoms with E-state index in [1.54, 1.807) is 12.2 Å². The summed E-state index contributed by atoms with van der Waals surface area (Å²) in [6, 6.07) is 0. The lowest BCUT2D eigenvalue weighted by Crippen LogP contribution is -2.20. The zero-order valence-corrected chi connectivity index (χ0v) is 7.53. The molecule has 0 saturated carbocycles. The summed E-state index contributed by atoms with van der Waals surface area (Å²) in [5.74, 6) is 0. The summed E-state index contributed by atoms with van der Waals surface area (Å²) >= 11 is 0. The van der Waals surface area contributed by atoms with E-state index in [1.807, 2.05) is 6.08 Å². The van der Waals surface area contributed by atoms with Gasteiger partial charge in [-0.2, -0.15) is 0 Å². The van der Waals surface area contributed by atoms with Crippen LogP contribution in [-0.4, -0.2) is 23.7 Å². The van der Waals surface area contributed by atoms with Crippen LogP contribution < -0.4 is 5.32 Å². The smallest absolute Gasteiger partial charge is 0.423 e. The van der Waals surface area contributed by atoms with Crippen LogP contribution in [0, 0.1) is 0 Å². The minimum absolute atomic E-state index is 0.567. The Balaban J connectivity index is 2.56. The Morgan fingerprint density at radius 2 is 2.38 bits per heavy atom. The van der Waals surface area contributed by atoms with E-state index in [0.29, 0.717) is 12.0 Å². The second-order valence-corrected chi connectivity index (χ2v) is 2.96.